The zero-order valence-corrected chi connectivity index (χ0v) is 15.0. The fourth-order valence-electron chi connectivity index (χ4n) is 3.56. The Kier molecular flexibility index (Phi) is 4.54. The molecule has 1 aromatic carbocycles. The number of nitrogens with zero attached hydrogens (tertiary/aromatic N) is 4. The molecule has 6 heteroatoms. The second kappa shape index (κ2) is 7.15. The highest BCUT2D eigenvalue weighted by Crippen LogP contribution is 2.27. The maximum Gasteiger partial charge on any atom is 0.335 e. The SMILES string of the molecule is CN(c1nccc(-c2cccnc2)n1)C1CCc2ccc(C(=O)O)cc2C1. The van der Waals surface area contributed by atoms with E-state index in [9.17, 15) is 9.90 Å². The van der Waals surface area contributed by atoms with Gasteiger partial charge in [-0.05, 0) is 60.7 Å². The average molecular weight is 360 g/mol. The number of fused-ring (bicyclic) bond motifs is 1. The molecule has 1 N–H and O–H groups in total. The Bertz CT molecular complexity index is 975. The minimum atomic E-state index is -0.888. The Labute approximate surface area is 157 Å². The van der Waals surface area contributed by atoms with Gasteiger partial charge in [0.15, 0.2) is 0 Å². The lowest BCUT2D eigenvalue weighted by atomic mass is 9.86. The van der Waals surface area contributed by atoms with Gasteiger partial charge in [0.2, 0.25) is 5.95 Å². The highest BCUT2D eigenvalue weighted by Gasteiger charge is 2.24. The van der Waals surface area contributed by atoms with Crippen molar-refractivity contribution in [1.82, 2.24) is 15.0 Å². The topological polar surface area (TPSA) is 79.2 Å². The summed E-state index contributed by atoms with van der Waals surface area (Å²) in [4.78, 5) is 26.6. The zero-order chi connectivity index (χ0) is 18.8. The van der Waals surface area contributed by atoms with Gasteiger partial charge in [-0.15, -0.1) is 0 Å². The molecule has 1 atom stereocenters. The van der Waals surface area contributed by atoms with Crippen LogP contribution in [0, 0.1) is 0 Å². The second-order valence-electron chi connectivity index (χ2n) is 6.78. The van der Waals surface area contributed by atoms with E-state index >= 15 is 0 Å². The van der Waals surface area contributed by atoms with E-state index in [1.54, 1.807) is 30.7 Å². The molecule has 0 saturated heterocycles. The summed E-state index contributed by atoms with van der Waals surface area (Å²) >= 11 is 0. The molecule has 2 heterocycles. The number of aryl methyl sites for hydroxylation is 1. The Morgan fingerprint density at radius 1 is 1.19 bits per heavy atom. The summed E-state index contributed by atoms with van der Waals surface area (Å²) in [6.45, 7) is 0. The number of hydrogen-bond acceptors (Lipinski definition) is 5. The molecule has 0 fully saturated rings. The van der Waals surface area contributed by atoms with Gasteiger partial charge in [0.05, 0.1) is 11.3 Å². The molecule has 0 aliphatic heterocycles. The molecule has 4 rings (SSSR count). The highest BCUT2D eigenvalue weighted by atomic mass is 16.4. The van der Waals surface area contributed by atoms with Gasteiger partial charge in [0.25, 0.3) is 0 Å². The maximum absolute atomic E-state index is 11.3. The van der Waals surface area contributed by atoms with E-state index in [4.69, 9.17) is 4.98 Å². The minimum Gasteiger partial charge on any atom is -0.478 e. The number of benzene rings is 1. The van der Waals surface area contributed by atoms with E-state index < -0.39 is 5.97 Å². The quantitative estimate of drug-likeness (QED) is 0.769. The lowest BCUT2D eigenvalue weighted by molar-refractivity contribution is 0.0696. The van der Waals surface area contributed by atoms with Crippen LogP contribution in [0.25, 0.3) is 11.3 Å². The van der Waals surface area contributed by atoms with Crippen LogP contribution in [-0.2, 0) is 12.8 Å². The molecule has 1 aliphatic rings. The van der Waals surface area contributed by atoms with E-state index in [1.807, 2.05) is 31.3 Å². The molecule has 27 heavy (non-hydrogen) atoms. The fourth-order valence-corrected chi connectivity index (χ4v) is 3.56. The van der Waals surface area contributed by atoms with Crippen LogP contribution in [0.2, 0.25) is 0 Å². The molecule has 1 aliphatic carbocycles. The second-order valence-corrected chi connectivity index (χ2v) is 6.78. The molecule has 6 nitrogen and oxygen atoms in total. The summed E-state index contributed by atoms with van der Waals surface area (Å²) in [5.41, 5.74) is 4.46. The predicted octanol–water partition coefficient (Wildman–Crippen LogP) is 3.23. The van der Waals surface area contributed by atoms with Crippen LogP contribution < -0.4 is 4.90 Å². The fraction of sp³-hybridized carbons (Fsp3) is 0.238. The molecular weight excluding hydrogens is 340 g/mol. The number of aromatic nitrogens is 3. The number of likely N-dealkylation sites (N-methyl/N-ethyl adjacent to an activating group) is 1. The first-order valence-corrected chi connectivity index (χ1v) is 8.93. The van der Waals surface area contributed by atoms with Crippen molar-refractivity contribution in [2.45, 2.75) is 25.3 Å². The first kappa shape index (κ1) is 17.1. The van der Waals surface area contributed by atoms with Crippen LogP contribution >= 0.6 is 0 Å². The predicted molar refractivity (Wildman–Crippen MR) is 103 cm³/mol. The third-order valence-corrected chi connectivity index (χ3v) is 5.12. The molecule has 2 aromatic heterocycles. The van der Waals surface area contributed by atoms with Crippen LogP contribution in [0.3, 0.4) is 0 Å². The van der Waals surface area contributed by atoms with Crippen molar-refractivity contribution in [2.75, 3.05) is 11.9 Å². The van der Waals surface area contributed by atoms with Gasteiger partial charge < -0.3 is 10.0 Å². The van der Waals surface area contributed by atoms with Crippen LogP contribution in [-0.4, -0.2) is 39.1 Å². The van der Waals surface area contributed by atoms with Crippen molar-refractivity contribution in [1.29, 1.82) is 0 Å². The number of carboxylic acid groups (broad SMARTS) is 1. The summed E-state index contributed by atoms with van der Waals surface area (Å²) in [5, 5.41) is 9.24. The summed E-state index contributed by atoms with van der Waals surface area (Å²) in [6, 6.07) is 11.4. The maximum atomic E-state index is 11.3. The average Bonchev–Trinajstić information content (AvgIpc) is 2.73. The lowest BCUT2D eigenvalue weighted by Gasteiger charge is -2.32. The number of anilines is 1. The molecule has 0 spiro atoms. The van der Waals surface area contributed by atoms with Crippen molar-refractivity contribution < 1.29 is 9.90 Å². The van der Waals surface area contributed by atoms with Crippen molar-refractivity contribution in [3.63, 3.8) is 0 Å². The van der Waals surface area contributed by atoms with E-state index in [0.29, 0.717) is 11.5 Å². The van der Waals surface area contributed by atoms with E-state index in [2.05, 4.69) is 14.9 Å². The Hall–Kier alpha value is -3.28. The molecule has 0 radical (unpaired) electrons. The third-order valence-electron chi connectivity index (χ3n) is 5.12. The molecular formula is C21H20N4O2. The van der Waals surface area contributed by atoms with Gasteiger partial charge in [-0.3, -0.25) is 4.98 Å². The Morgan fingerprint density at radius 2 is 2.07 bits per heavy atom. The number of carbonyl (C=O) groups is 1. The summed E-state index contributed by atoms with van der Waals surface area (Å²) in [6.07, 6.45) is 7.98. The first-order valence-electron chi connectivity index (χ1n) is 8.93. The minimum absolute atomic E-state index is 0.227. The molecule has 0 bridgehead atoms. The van der Waals surface area contributed by atoms with Gasteiger partial charge in [-0.25, -0.2) is 14.8 Å². The van der Waals surface area contributed by atoms with Gasteiger partial charge >= 0.3 is 5.97 Å². The first-order chi connectivity index (χ1) is 13.1. The number of rotatable bonds is 4. The molecule has 3 aromatic rings. The number of hydrogen-bond donors (Lipinski definition) is 1. The molecule has 0 amide bonds. The van der Waals surface area contributed by atoms with Gasteiger partial charge in [0.1, 0.15) is 0 Å². The third kappa shape index (κ3) is 3.51. The van der Waals surface area contributed by atoms with E-state index in [0.717, 1.165) is 36.1 Å². The van der Waals surface area contributed by atoms with Crippen molar-refractivity contribution >= 4 is 11.9 Å². The normalized spacial score (nSPS) is 15.8. The number of aromatic carboxylic acids is 1. The zero-order valence-electron chi connectivity index (χ0n) is 15.0. The highest BCUT2D eigenvalue weighted by molar-refractivity contribution is 5.88. The van der Waals surface area contributed by atoms with Gasteiger partial charge in [-0.2, -0.15) is 0 Å². The van der Waals surface area contributed by atoms with Gasteiger partial charge in [0, 0.05) is 37.2 Å². The van der Waals surface area contributed by atoms with Crippen molar-refractivity contribution in [3.05, 3.63) is 71.7 Å². The van der Waals surface area contributed by atoms with E-state index in [-0.39, 0.29) is 6.04 Å². The molecule has 0 saturated carbocycles. The Morgan fingerprint density at radius 3 is 2.85 bits per heavy atom. The Balaban J connectivity index is 1.58. The van der Waals surface area contributed by atoms with Crippen LogP contribution in [0.5, 0.6) is 0 Å². The number of pyridine rings is 1. The van der Waals surface area contributed by atoms with Crippen molar-refractivity contribution in [3.8, 4) is 11.3 Å². The van der Waals surface area contributed by atoms with Gasteiger partial charge in [-0.1, -0.05) is 6.07 Å². The van der Waals surface area contributed by atoms with Crippen molar-refractivity contribution in [2.24, 2.45) is 0 Å². The largest absolute Gasteiger partial charge is 0.478 e. The van der Waals surface area contributed by atoms with E-state index in [1.165, 1.54) is 5.56 Å². The molecule has 1 unspecified atom stereocenters. The standard InChI is InChI=1S/C21H20N4O2/c1-25(21-23-10-8-19(24-21)16-3-2-9-22-13-16)18-7-6-14-4-5-15(20(26)27)11-17(14)12-18/h2-5,8-11,13,18H,6-7,12H2,1H3,(H,26,27). The van der Waals surface area contributed by atoms with Crippen LogP contribution in [0.4, 0.5) is 5.95 Å². The summed E-state index contributed by atoms with van der Waals surface area (Å²) in [7, 11) is 2.00. The van der Waals surface area contributed by atoms with Crippen LogP contribution in [0.15, 0.2) is 55.0 Å². The molecule has 136 valence electrons. The smallest absolute Gasteiger partial charge is 0.335 e. The lowest BCUT2D eigenvalue weighted by Crippen LogP contribution is -2.37. The number of carboxylic acids is 1. The summed E-state index contributed by atoms with van der Waals surface area (Å²) in [5.74, 6) is -0.222. The van der Waals surface area contributed by atoms with Crippen LogP contribution in [0.1, 0.15) is 27.9 Å². The monoisotopic (exact) mass is 360 g/mol. The summed E-state index contributed by atoms with van der Waals surface area (Å²) < 4.78 is 0.